The van der Waals surface area contributed by atoms with Crippen molar-refractivity contribution in [1.29, 1.82) is 0 Å². The van der Waals surface area contributed by atoms with Gasteiger partial charge < -0.3 is 20.2 Å². The predicted octanol–water partition coefficient (Wildman–Crippen LogP) is 9.88. The van der Waals surface area contributed by atoms with Gasteiger partial charge in [0.25, 0.3) is 21.6 Å². The first-order chi connectivity index (χ1) is 30.1. The van der Waals surface area contributed by atoms with Crippen molar-refractivity contribution in [3.8, 4) is 11.1 Å². The number of piperazine rings is 1. The lowest BCUT2D eigenvalue weighted by Gasteiger charge is -2.36. The summed E-state index contributed by atoms with van der Waals surface area (Å²) < 4.78 is 29.0. The van der Waals surface area contributed by atoms with E-state index < -0.39 is 43.1 Å². The molecule has 5 aromatic rings. The zero-order valence-electron chi connectivity index (χ0n) is 35.6. The molecule has 13 nitrogen and oxygen atoms in total. The minimum absolute atomic E-state index is 0.125. The summed E-state index contributed by atoms with van der Waals surface area (Å²) in [5, 5.41) is 26.0. The number of carbonyl (C=O) groups is 2. The monoisotopic (exact) mass is 912 g/mol. The van der Waals surface area contributed by atoms with Crippen molar-refractivity contribution in [2.45, 2.75) is 68.0 Å². The number of unbranched alkanes of at least 4 members (excludes halogenated alkanes) is 1. The summed E-state index contributed by atoms with van der Waals surface area (Å²) in [6.07, 6.45) is 0.792. The Kier molecular flexibility index (Phi) is 15.8. The molecule has 0 radical (unpaired) electrons. The van der Waals surface area contributed by atoms with Gasteiger partial charge in [0.1, 0.15) is 5.69 Å². The van der Waals surface area contributed by atoms with E-state index in [1.165, 1.54) is 28.2 Å². The molecule has 16 heteroatoms. The van der Waals surface area contributed by atoms with Crippen LogP contribution in [0.1, 0.15) is 56.0 Å². The van der Waals surface area contributed by atoms with E-state index in [-0.39, 0.29) is 17.3 Å². The number of halogens is 1. The number of carbonyl (C=O) groups excluding carboxylic acids is 1. The molecule has 1 fully saturated rings. The number of nitro benzene ring substituents is 1. The van der Waals surface area contributed by atoms with Crippen LogP contribution in [0.3, 0.4) is 0 Å². The van der Waals surface area contributed by atoms with E-state index in [9.17, 15) is 33.2 Å². The molecule has 332 valence electrons. The quantitative estimate of drug-likeness (QED) is 0.0332. The first-order valence-electron chi connectivity index (χ1n) is 20.8. The van der Waals surface area contributed by atoms with E-state index >= 15 is 0 Å². The van der Waals surface area contributed by atoms with Gasteiger partial charge in [-0.05, 0) is 117 Å². The molecule has 1 saturated heterocycles. The molecule has 0 aliphatic carbocycles. The molecule has 2 amide bonds. The van der Waals surface area contributed by atoms with Crippen molar-refractivity contribution in [3.05, 3.63) is 148 Å². The molecule has 6 rings (SSSR count). The van der Waals surface area contributed by atoms with Crippen LogP contribution >= 0.6 is 23.4 Å². The van der Waals surface area contributed by atoms with E-state index in [1.54, 1.807) is 36.0 Å². The molecule has 0 aromatic heterocycles. The second kappa shape index (κ2) is 21.2. The summed E-state index contributed by atoms with van der Waals surface area (Å²) in [5.41, 5.74) is 3.66. The van der Waals surface area contributed by atoms with Crippen LogP contribution in [0.4, 0.5) is 21.9 Å². The lowest BCUT2D eigenvalue weighted by atomic mass is 9.99. The smallest absolute Gasteiger partial charge is 0.407 e. The number of nitrogens with zero attached hydrogens (tertiary/aromatic N) is 4. The molecule has 0 bridgehead atoms. The van der Waals surface area contributed by atoms with Gasteiger partial charge in [0.2, 0.25) is 0 Å². The number of sulfonamides is 1. The first-order valence-corrected chi connectivity index (χ1v) is 23.6. The van der Waals surface area contributed by atoms with Crippen LogP contribution in [-0.4, -0.2) is 90.3 Å². The van der Waals surface area contributed by atoms with Crippen molar-refractivity contribution < 1.29 is 28.0 Å². The van der Waals surface area contributed by atoms with Gasteiger partial charge in [-0.3, -0.25) is 19.8 Å². The third-order valence-electron chi connectivity index (χ3n) is 10.9. The van der Waals surface area contributed by atoms with E-state index in [4.69, 9.17) is 11.6 Å². The van der Waals surface area contributed by atoms with Gasteiger partial charge in [0, 0.05) is 83.8 Å². The highest BCUT2D eigenvalue weighted by Gasteiger charge is 2.27. The number of nitro groups is 1. The highest BCUT2D eigenvalue weighted by atomic mass is 35.5. The van der Waals surface area contributed by atoms with Crippen molar-refractivity contribution in [3.63, 3.8) is 0 Å². The Balaban J connectivity index is 1.06. The normalized spacial score (nSPS) is 13.9. The van der Waals surface area contributed by atoms with Gasteiger partial charge in [0.15, 0.2) is 0 Å². The predicted molar refractivity (Wildman–Crippen MR) is 251 cm³/mol. The van der Waals surface area contributed by atoms with Gasteiger partial charge in [0.05, 0.1) is 9.82 Å². The average Bonchev–Trinajstić information content (AvgIpc) is 3.26. The Morgan fingerprint density at radius 1 is 0.889 bits per heavy atom. The summed E-state index contributed by atoms with van der Waals surface area (Å²) in [6.45, 7) is 9.83. The highest BCUT2D eigenvalue weighted by molar-refractivity contribution is 7.99. The zero-order chi connectivity index (χ0) is 45.1. The molecule has 5 aromatic carbocycles. The maximum atomic E-state index is 13.5. The van der Waals surface area contributed by atoms with Gasteiger partial charge in [-0.25, -0.2) is 17.9 Å². The number of carboxylic acid groups (broad SMARTS) is 1. The fraction of sp³-hybridized carbons (Fsp3) is 0.319. The van der Waals surface area contributed by atoms with Gasteiger partial charge in [-0.1, -0.05) is 66.2 Å². The molecule has 1 heterocycles. The molecule has 1 atom stereocenters. The van der Waals surface area contributed by atoms with E-state index in [1.807, 2.05) is 87.5 Å². The Morgan fingerprint density at radius 2 is 1.56 bits per heavy atom. The van der Waals surface area contributed by atoms with Gasteiger partial charge in [-0.15, -0.1) is 11.8 Å². The SMILES string of the molecule is CC(C)(C)N(CCCC[C@H](CSc1ccccc1)Nc1ccc(S(=O)(=O)NC(=O)c2ccc(N3CCN(Cc4ccccc4-c4ccc(Cl)cc4)CC3)cc2)cc1[N+](=O)[O-])C(=O)O. The largest absolute Gasteiger partial charge is 0.465 e. The van der Waals surface area contributed by atoms with E-state index in [0.717, 1.165) is 54.9 Å². The molecule has 3 N–H and O–H groups in total. The van der Waals surface area contributed by atoms with Crippen molar-refractivity contribution >= 4 is 62.4 Å². The zero-order valence-corrected chi connectivity index (χ0v) is 38.0. The van der Waals surface area contributed by atoms with Crippen LogP contribution in [0.15, 0.2) is 131 Å². The summed E-state index contributed by atoms with van der Waals surface area (Å²) >= 11 is 7.69. The molecule has 63 heavy (non-hydrogen) atoms. The maximum absolute atomic E-state index is 13.5. The van der Waals surface area contributed by atoms with Crippen LogP contribution in [0.25, 0.3) is 11.1 Å². The molecule has 1 aliphatic rings. The molecule has 0 saturated carbocycles. The highest BCUT2D eigenvalue weighted by Crippen LogP contribution is 2.31. The fourth-order valence-electron chi connectivity index (χ4n) is 7.50. The number of rotatable bonds is 18. The van der Waals surface area contributed by atoms with Crippen LogP contribution in [0, 0.1) is 10.1 Å². The molecule has 1 aliphatic heterocycles. The fourth-order valence-corrected chi connectivity index (χ4v) is 9.61. The Bertz CT molecular complexity index is 2460. The summed E-state index contributed by atoms with van der Waals surface area (Å²) in [6, 6.07) is 35.9. The van der Waals surface area contributed by atoms with Crippen molar-refractivity contribution in [2.24, 2.45) is 0 Å². The minimum atomic E-state index is -4.50. The van der Waals surface area contributed by atoms with Crippen LogP contribution in [0.2, 0.25) is 5.02 Å². The number of benzene rings is 5. The number of thioether (sulfide) groups is 1. The van der Waals surface area contributed by atoms with Crippen molar-refractivity contribution in [1.82, 2.24) is 14.5 Å². The lowest BCUT2D eigenvalue weighted by molar-refractivity contribution is -0.384. The van der Waals surface area contributed by atoms with Gasteiger partial charge in [-0.2, -0.15) is 0 Å². The number of hydrogen-bond acceptors (Lipinski definition) is 10. The molecule has 0 unspecified atom stereocenters. The maximum Gasteiger partial charge on any atom is 0.407 e. The molecular formula is C47H53ClN6O7S2. The third-order valence-corrected chi connectivity index (χ3v) is 13.7. The molecular weight excluding hydrogens is 860 g/mol. The number of anilines is 2. The summed E-state index contributed by atoms with van der Waals surface area (Å²) in [7, 11) is -4.50. The molecule has 0 spiro atoms. The number of nitrogens with one attached hydrogen (secondary N) is 2. The average molecular weight is 914 g/mol. The topological polar surface area (TPSA) is 165 Å². The van der Waals surface area contributed by atoms with Crippen molar-refractivity contribution in [2.75, 3.05) is 48.7 Å². The Labute approximate surface area is 378 Å². The second-order valence-corrected chi connectivity index (χ2v) is 19.6. The minimum Gasteiger partial charge on any atom is -0.465 e. The van der Waals surface area contributed by atoms with Crippen LogP contribution in [0.5, 0.6) is 0 Å². The Morgan fingerprint density at radius 3 is 2.21 bits per heavy atom. The number of amides is 2. The van der Waals surface area contributed by atoms with Crippen LogP contribution < -0.4 is 14.9 Å². The third kappa shape index (κ3) is 13.0. The lowest BCUT2D eigenvalue weighted by Crippen LogP contribution is -2.46. The Hall–Kier alpha value is -5.61. The standard InChI is InChI=1S/C47H53ClN6O7S2/c1-47(2,3)53(46(56)57)26-10-9-12-38(33-62-40-13-5-4-6-14-40)49-43-25-24-41(31-44(43)54(58)59)63(60,61)50-45(55)35-18-22-39(23-19-35)52-29-27-51(28-30-52)32-36-11-7-8-15-42(36)34-16-20-37(48)21-17-34/h4-8,11,13-25,31,38,49H,9-10,12,26-30,32-33H2,1-3H3,(H,50,55)(H,56,57)/t38-/m1/s1. The first kappa shape index (κ1) is 46.9. The number of hydrogen-bond donors (Lipinski definition) is 3. The van der Waals surface area contributed by atoms with Gasteiger partial charge >= 0.3 is 6.09 Å². The second-order valence-electron chi connectivity index (χ2n) is 16.4. The van der Waals surface area contributed by atoms with E-state index in [2.05, 4.69) is 32.0 Å². The summed E-state index contributed by atoms with van der Waals surface area (Å²) in [4.78, 5) is 43.4. The van der Waals surface area contributed by atoms with Crippen LogP contribution in [-0.2, 0) is 16.6 Å². The summed E-state index contributed by atoms with van der Waals surface area (Å²) in [5.74, 6) is -0.323. The van der Waals surface area contributed by atoms with E-state index in [0.29, 0.717) is 36.6 Å².